The normalized spacial score (nSPS) is 9.91. The fourth-order valence-corrected chi connectivity index (χ4v) is 2.66. The van der Waals surface area contributed by atoms with Gasteiger partial charge in [0.15, 0.2) is 0 Å². The molecule has 0 aliphatic heterocycles. The van der Waals surface area contributed by atoms with E-state index in [1.165, 1.54) is 5.56 Å². The molecule has 55 valence electrons. The van der Waals surface area contributed by atoms with E-state index >= 15 is 0 Å². The molecular formula is C7H7O2Sn2. The van der Waals surface area contributed by atoms with Crippen molar-refractivity contribution in [1.29, 1.82) is 0 Å². The van der Waals surface area contributed by atoms with Crippen LogP contribution in [-0.2, 0) is 11.1 Å². The van der Waals surface area contributed by atoms with Crippen molar-refractivity contribution in [1.82, 2.24) is 0 Å². The van der Waals surface area contributed by atoms with Crippen molar-refractivity contribution in [3.8, 4) is 0 Å². The Hall–Kier alpha value is 0.737. The molecule has 4 heteroatoms. The molecule has 5 radical (unpaired) electrons. The van der Waals surface area contributed by atoms with Crippen molar-refractivity contribution in [2.75, 3.05) is 0 Å². The van der Waals surface area contributed by atoms with Crippen LogP contribution >= 0.6 is 0 Å². The standard InChI is InChI=1S/C7H7O.O.2Sn/c8-6-7-4-2-1-3-5-7;;;/h1-5H,6H2;;;/q-1;;;+1. The molecule has 0 unspecified atom stereocenters. The van der Waals surface area contributed by atoms with Crippen molar-refractivity contribution in [3.05, 3.63) is 35.9 Å². The minimum absolute atomic E-state index is 0.710. The SMILES string of the molecule is [Sn][O][Sn][O]Cc1ccccc1. The molecule has 0 N–H and O–H groups in total. The Morgan fingerprint density at radius 1 is 1.27 bits per heavy atom. The Morgan fingerprint density at radius 2 is 2.00 bits per heavy atom. The second-order valence-electron chi connectivity index (χ2n) is 1.96. The molecule has 1 rings (SSSR count). The first kappa shape index (κ1) is 9.82. The first-order valence-electron chi connectivity index (χ1n) is 3.17. The van der Waals surface area contributed by atoms with Crippen LogP contribution in [0.15, 0.2) is 30.3 Å². The average molecular weight is 361 g/mol. The van der Waals surface area contributed by atoms with Crippen LogP contribution in [0, 0.1) is 0 Å². The van der Waals surface area contributed by atoms with E-state index in [0.29, 0.717) is 6.61 Å². The summed E-state index contributed by atoms with van der Waals surface area (Å²) in [5, 5.41) is 0. The number of rotatable bonds is 4. The Morgan fingerprint density at radius 3 is 2.64 bits per heavy atom. The van der Waals surface area contributed by atoms with Crippen molar-refractivity contribution < 1.29 is 4.49 Å². The molecule has 0 saturated carbocycles. The van der Waals surface area contributed by atoms with E-state index in [1.54, 1.807) is 0 Å². The van der Waals surface area contributed by atoms with Crippen LogP contribution in [0.2, 0.25) is 0 Å². The molecule has 0 heterocycles. The van der Waals surface area contributed by atoms with Gasteiger partial charge in [0, 0.05) is 0 Å². The third-order valence-corrected chi connectivity index (χ3v) is 3.76. The maximum absolute atomic E-state index is 5.34. The summed E-state index contributed by atoms with van der Waals surface area (Å²) in [6, 6.07) is 10.2. The van der Waals surface area contributed by atoms with Gasteiger partial charge >= 0.3 is 91.9 Å². The summed E-state index contributed by atoms with van der Waals surface area (Å²) in [6.07, 6.45) is 0. The molecule has 1 aromatic carbocycles. The second kappa shape index (κ2) is 6.28. The van der Waals surface area contributed by atoms with Crippen molar-refractivity contribution in [3.63, 3.8) is 0 Å². The van der Waals surface area contributed by atoms with Gasteiger partial charge in [0.25, 0.3) is 0 Å². The summed E-state index contributed by atoms with van der Waals surface area (Å²) in [6.45, 7) is 0.710. The summed E-state index contributed by atoms with van der Waals surface area (Å²) in [5.41, 5.74) is 1.22. The maximum atomic E-state index is 5.34. The second-order valence-corrected chi connectivity index (χ2v) is 7.75. The first-order chi connectivity index (χ1) is 5.43. The van der Waals surface area contributed by atoms with Gasteiger partial charge in [0.2, 0.25) is 0 Å². The van der Waals surface area contributed by atoms with Crippen LogP contribution in [0.3, 0.4) is 0 Å². The Bertz CT molecular complexity index is 191. The monoisotopic (exact) mass is 363 g/mol. The summed E-state index contributed by atoms with van der Waals surface area (Å²) in [7, 11) is 0. The van der Waals surface area contributed by atoms with Gasteiger partial charge < -0.3 is 0 Å². The Labute approximate surface area is 91.2 Å². The molecular weight excluding hydrogens is 353 g/mol. The summed E-state index contributed by atoms with van der Waals surface area (Å²) in [5.74, 6) is 0. The van der Waals surface area contributed by atoms with Crippen molar-refractivity contribution >= 4 is 44.9 Å². The fourth-order valence-electron chi connectivity index (χ4n) is 0.716. The minimum atomic E-state index is -0.924. The third-order valence-electron chi connectivity index (χ3n) is 1.18. The van der Waals surface area contributed by atoms with Crippen LogP contribution in [0.4, 0.5) is 0 Å². The third kappa shape index (κ3) is 4.34. The molecule has 1 aromatic rings. The van der Waals surface area contributed by atoms with E-state index in [4.69, 9.17) is 4.49 Å². The van der Waals surface area contributed by atoms with Crippen molar-refractivity contribution in [2.45, 2.75) is 6.61 Å². The van der Waals surface area contributed by atoms with Gasteiger partial charge in [-0.1, -0.05) is 0 Å². The number of benzene rings is 1. The van der Waals surface area contributed by atoms with E-state index < -0.39 is 22.0 Å². The molecule has 0 fully saturated rings. The molecule has 0 aromatic heterocycles. The molecule has 0 aliphatic carbocycles. The molecule has 0 aliphatic rings. The van der Waals surface area contributed by atoms with E-state index in [9.17, 15) is 0 Å². The van der Waals surface area contributed by atoms with E-state index in [1.807, 2.05) is 18.2 Å². The summed E-state index contributed by atoms with van der Waals surface area (Å²) < 4.78 is 10.3. The van der Waals surface area contributed by atoms with Gasteiger partial charge in [-0.3, -0.25) is 0 Å². The number of hydrogen-bond donors (Lipinski definition) is 0. The summed E-state index contributed by atoms with van der Waals surface area (Å²) in [4.78, 5) is 0. The zero-order valence-corrected chi connectivity index (χ0v) is 11.6. The van der Waals surface area contributed by atoms with Gasteiger partial charge in [-0.15, -0.1) is 0 Å². The molecule has 11 heavy (non-hydrogen) atoms. The zero-order chi connectivity index (χ0) is 7.94. The van der Waals surface area contributed by atoms with Gasteiger partial charge in [0.1, 0.15) is 0 Å². The molecule has 0 bridgehead atoms. The predicted octanol–water partition coefficient (Wildman–Crippen LogP) is 0.837. The topological polar surface area (TPSA) is 18.5 Å². The van der Waals surface area contributed by atoms with Crippen LogP contribution in [0.25, 0.3) is 0 Å². The molecule has 0 saturated heterocycles. The van der Waals surface area contributed by atoms with E-state index in [0.717, 1.165) is 22.9 Å². The summed E-state index contributed by atoms with van der Waals surface area (Å²) >= 11 is 0.201. The quantitative estimate of drug-likeness (QED) is 0.585. The Balaban J connectivity index is 2.28. The van der Waals surface area contributed by atoms with Gasteiger partial charge in [-0.25, -0.2) is 0 Å². The molecule has 0 spiro atoms. The zero-order valence-electron chi connectivity index (χ0n) is 5.91. The van der Waals surface area contributed by atoms with Crippen LogP contribution < -0.4 is 0 Å². The van der Waals surface area contributed by atoms with Gasteiger partial charge in [-0.2, -0.15) is 0 Å². The molecule has 0 atom stereocenters. The number of hydrogen-bond acceptors (Lipinski definition) is 2. The average Bonchev–Trinajstić information content (AvgIpc) is 2.07. The van der Waals surface area contributed by atoms with Crippen LogP contribution in [-0.4, -0.2) is 44.9 Å². The Kier molecular flexibility index (Phi) is 5.60. The predicted molar refractivity (Wildman–Crippen MR) is 43.8 cm³/mol. The first-order valence-corrected chi connectivity index (χ1v) is 6.66. The van der Waals surface area contributed by atoms with Crippen molar-refractivity contribution in [2.24, 2.45) is 0 Å². The van der Waals surface area contributed by atoms with Crippen LogP contribution in [0.5, 0.6) is 0 Å². The van der Waals surface area contributed by atoms with Crippen LogP contribution in [0.1, 0.15) is 5.56 Å². The fraction of sp³-hybridized carbons (Fsp3) is 0.143. The van der Waals surface area contributed by atoms with Gasteiger partial charge in [-0.05, 0) is 0 Å². The van der Waals surface area contributed by atoms with Gasteiger partial charge in [0.05, 0.1) is 0 Å². The molecule has 2 nitrogen and oxygen atoms in total. The molecule has 0 amide bonds. The van der Waals surface area contributed by atoms with E-state index in [-0.39, 0.29) is 0 Å². The van der Waals surface area contributed by atoms with E-state index in [2.05, 4.69) is 12.1 Å².